The Balaban J connectivity index is 1.75. The zero-order valence-corrected chi connectivity index (χ0v) is 11.5. The predicted molar refractivity (Wildman–Crippen MR) is 74.2 cm³/mol. The van der Waals surface area contributed by atoms with Gasteiger partial charge in [0.05, 0.1) is 17.8 Å². The molecule has 1 aromatic rings. The number of aromatic nitrogens is 1. The largest absolute Gasteiger partial charge is 0.478 e. The van der Waals surface area contributed by atoms with Crippen LogP contribution in [0.2, 0.25) is 0 Å². The minimum Gasteiger partial charge on any atom is -0.478 e. The molecule has 5 heteroatoms. The molecule has 1 fully saturated rings. The summed E-state index contributed by atoms with van der Waals surface area (Å²) in [6, 6.07) is 2.92. The molecule has 0 radical (unpaired) electrons. The molecular formula is C15H20N2O3. The lowest BCUT2D eigenvalue weighted by molar-refractivity contribution is -0.121. The Morgan fingerprint density at radius 3 is 2.80 bits per heavy atom. The summed E-state index contributed by atoms with van der Waals surface area (Å²) in [5.41, 5.74) is 0.759. The summed E-state index contributed by atoms with van der Waals surface area (Å²) >= 11 is 0. The van der Waals surface area contributed by atoms with Crippen LogP contribution in [-0.4, -0.2) is 22.0 Å². The first kappa shape index (κ1) is 14.5. The molecule has 1 aliphatic rings. The van der Waals surface area contributed by atoms with Gasteiger partial charge in [-0.3, -0.25) is 9.78 Å². The maximum atomic E-state index is 11.7. The molecule has 0 spiro atoms. The van der Waals surface area contributed by atoms with Gasteiger partial charge < -0.3 is 10.4 Å². The fraction of sp³-hybridized carbons (Fsp3) is 0.533. The average molecular weight is 276 g/mol. The summed E-state index contributed by atoms with van der Waals surface area (Å²) in [5.74, 6) is -0.269. The number of aromatic carboxylic acids is 1. The molecular weight excluding hydrogens is 256 g/mol. The quantitative estimate of drug-likeness (QED) is 0.836. The van der Waals surface area contributed by atoms with Crippen LogP contribution in [0.15, 0.2) is 18.3 Å². The lowest BCUT2D eigenvalue weighted by atomic mass is 10.0. The van der Waals surface area contributed by atoms with Gasteiger partial charge in [-0.1, -0.05) is 25.7 Å². The highest BCUT2D eigenvalue weighted by Gasteiger charge is 2.16. The van der Waals surface area contributed by atoms with Crippen LogP contribution in [0.3, 0.4) is 0 Å². The summed E-state index contributed by atoms with van der Waals surface area (Å²) in [7, 11) is 0. The van der Waals surface area contributed by atoms with E-state index in [1.165, 1.54) is 44.0 Å². The summed E-state index contributed by atoms with van der Waals surface area (Å²) in [6.45, 7) is 0.282. The summed E-state index contributed by atoms with van der Waals surface area (Å²) in [5, 5.41) is 11.7. The first-order valence-corrected chi connectivity index (χ1v) is 7.10. The zero-order valence-electron chi connectivity index (χ0n) is 11.5. The Morgan fingerprint density at radius 2 is 2.10 bits per heavy atom. The van der Waals surface area contributed by atoms with Gasteiger partial charge >= 0.3 is 5.97 Å². The number of carboxylic acids is 1. The van der Waals surface area contributed by atoms with E-state index in [2.05, 4.69) is 10.3 Å². The maximum absolute atomic E-state index is 11.7. The number of nitrogens with one attached hydrogen (secondary N) is 1. The number of carbonyl (C=O) groups excluding carboxylic acids is 1. The number of hydrogen-bond acceptors (Lipinski definition) is 3. The number of hydrogen-bond donors (Lipinski definition) is 2. The van der Waals surface area contributed by atoms with Gasteiger partial charge in [-0.25, -0.2) is 4.79 Å². The van der Waals surface area contributed by atoms with Crippen molar-refractivity contribution in [3.63, 3.8) is 0 Å². The van der Waals surface area contributed by atoms with Gasteiger partial charge in [0.25, 0.3) is 0 Å². The SMILES string of the molecule is O=C(CCC1CCCC1)NCc1cc(C(=O)O)ccn1. The Bertz CT molecular complexity index is 482. The highest BCUT2D eigenvalue weighted by atomic mass is 16.4. The van der Waals surface area contributed by atoms with Crippen molar-refractivity contribution >= 4 is 11.9 Å². The maximum Gasteiger partial charge on any atom is 0.335 e. The van der Waals surface area contributed by atoms with Gasteiger partial charge in [0.15, 0.2) is 0 Å². The molecule has 2 N–H and O–H groups in total. The lowest BCUT2D eigenvalue weighted by Crippen LogP contribution is -2.23. The van der Waals surface area contributed by atoms with E-state index < -0.39 is 5.97 Å². The molecule has 0 unspecified atom stereocenters. The second-order valence-electron chi connectivity index (χ2n) is 5.31. The first-order chi connectivity index (χ1) is 9.65. The second-order valence-corrected chi connectivity index (χ2v) is 5.31. The smallest absolute Gasteiger partial charge is 0.335 e. The third kappa shape index (κ3) is 4.33. The zero-order chi connectivity index (χ0) is 14.4. The van der Waals surface area contributed by atoms with Crippen LogP contribution in [0.1, 0.15) is 54.6 Å². The monoisotopic (exact) mass is 276 g/mol. The summed E-state index contributed by atoms with van der Waals surface area (Å²) in [6.07, 6.45) is 8.02. The molecule has 1 aromatic heterocycles. The fourth-order valence-electron chi connectivity index (χ4n) is 2.62. The molecule has 108 valence electrons. The standard InChI is InChI=1S/C15H20N2O3/c18-14(6-5-11-3-1-2-4-11)17-10-13-9-12(15(19)20)7-8-16-13/h7-9,11H,1-6,10H2,(H,17,18)(H,19,20). The van der Waals surface area contributed by atoms with Crippen LogP contribution in [0, 0.1) is 5.92 Å². The normalized spacial score (nSPS) is 15.2. The third-order valence-corrected chi connectivity index (χ3v) is 3.78. The van der Waals surface area contributed by atoms with Crippen LogP contribution in [0.5, 0.6) is 0 Å². The number of carbonyl (C=O) groups is 2. The van der Waals surface area contributed by atoms with Crippen molar-refractivity contribution in [1.82, 2.24) is 10.3 Å². The van der Waals surface area contributed by atoms with E-state index in [0.717, 1.165) is 6.42 Å². The number of amides is 1. The fourth-order valence-corrected chi connectivity index (χ4v) is 2.62. The molecule has 0 aliphatic heterocycles. The van der Waals surface area contributed by atoms with Crippen molar-refractivity contribution in [2.45, 2.75) is 45.1 Å². The van der Waals surface area contributed by atoms with E-state index in [0.29, 0.717) is 18.0 Å². The van der Waals surface area contributed by atoms with Crippen molar-refractivity contribution in [2.24, 2.45) is 5.92 Å². The van der Waals surface area contributed by atoms with Crippen molar-refractivity contribution in [1.29, 1.82) is 0 Å². The number of carboxylic acid groups (broad SMARTS) is 1. The summed E-state index contributed by atoms with van der Waals surface area (Å²) in [4.78, 5) is 26.6. The number of rotatable bonds is 6. The van der Waals surface area contributed by atoms with Crippen molar-refractivity contribution in [2.75, 3.05) is 0 Å². The highest BCUT2D eigenvalue weighted by Crippen LogP contribution is 2.28. The second kappa shape index (κ2) is 7.03. The molecule has 1 heterocycles. The Kier molecular flexibility index (Phi) is 5.09. The van der Waals surface area contributed by atoms with E-state index in [-0.39, 0.29) is 18.0 Å². The van der Waals surface area contributed by atoms with Gasteiger partial charge in [0, 0.05) is 12.6 Å². The number of pyridine rings is 1. The molecule has 1 saturated carbocycles. The summed E-state index contributed by atoms with van der Waals surface area (Å²) < 4.78 is 0. The first-order valence-electron chi connectivity index (χ1n) is 7.10. The lowest BCUT2D eigenvalue weighted by Gasteiger charge is -2.09. The molecule has 1 aliphatic carbocycles. The van der Waals surface area contributed by atoms with E-state index in [4.69, 9.17) is 5.11 Å². The minimum absolute atomic E-state index is 0.0134. The van der Waals surface area contributed by atoms with Gasteiger partial charge in [-0.05, 0) is 24.5 Å². The minimum atomic E-state index is -0.985. The Morgan fingerprint density at radius 1 is 1.35 bits per heavy atom. The van der Waals surface area contributed by atoms with E-state index in [1.807, 2.05) is 0 Å². The highest BCUT2D eigenvalue weighted by molar-refractivity contribution is 5.87. The van der Waals surface area contributed by atoms with Gasteiger partial charge in [0.1, 0.15) is 0 Å². The molecule has 0 saturated heterocycles. The molecule has 1 amide bonds. The number of nitrogens with zero attached hydrogens (tertiary/aromatic N) is 1. The molecule has 0 atom stereocenters. The van der Waals surface area contributed by atoms with Crippen LogP contribution in [0.4, 0.5) is 0 Å². The predicted octanol–water partition coefficient (Wildman–Crippen LogP) is 2.37. The molecule has 20 heavy (non-hydrogen) atoms. The van der Waals surface area contributed by atoms with Crippen molar-refractivity contribution < 1.29 is 14.7 Å². The van der Waals surface area contributed by atoms with Crippen LogP contribution in [0.25, 0.3) is 0 Å². The van der Waals surface area contributed by atoms with E-state index >= 15 is 0 Å². The van der Waals surface area contributed by atoms with E-state index in [9.17, 15) is 9.59 Å². The van der Waals surface area contributed by atoms with Crippen LogP contribution >= 0.6 is 0 Å². The van der Waals surface area contributed by atoms with E-state index in [1.54, 1.807) is 0 Å². The van der Waals surface area contributed by atoms with Crippen molar-refractivity contribution in [3.05, 3.63) is 29.6 Å². The van der Waals surface area contributed by atoms with Gasteiger partial charge in [-0.2, -0.15) is 0 Å². The molecule has 0 aromatic carbocycles. The molecule has 2 rings (SSSR count). The Hall–Kier alpha value is -1.91. The Labute approximate surface area is 118 Å². The molecule has 0 bridgehead atoms. The van der Waals surface area contributed by atoms with Gasteiger partial charge in [0.2, 0.25) is 5.91 Å². The molecule has 5 nitrogen and oxygen atoms in total. The van der Waals surface area contributed by atoms with Gasteiger partial charge in [-0.15, -0.1) is 0 Å². The topological polar surface area (TPSA) is 79.3 Å². The van der Waals surface area contributed by atoms with Crippen LogP contribution in [-0.2, 0) is 11.3 Å². The van der Waals surface area contributed by atoms with Crippen LogP contribution < -0.4 is 5.32 Å². The average Bonchev–Trinajstić information content (AvgIpc) is 2.96. The van der Waals surface area contributed by atoms with Crippen molar-refractivity contribution in [3.8, 4) is 0 Å². The third-order valence-electron chi connectivity index (χ3n) is 3.78.